The predicted molar refractivity (Wildman–Crippen MR) is 110 cm³/mol. The average molecular weight is 465 g/mol. The molecular formula is C21H23NO11. The molecule has 12 heteroatoms. The SMILES string of the molecule is CN(C)C(O)(O)CC=C1c2cc(C(O)(O)C(=O)O)ccc2OCc2c(O)c(O)c(O)c(O)c21. The van der Waals surface area contributed by atoms with Crippen LogP contribution in [0.4, 0.5) is 0 Å². The van der Waals surface area contributed by atoms with Crippen molar-refractivity contribution < 1.29 is 55.5 Å². The standard InChI is InChI=1S/C21H23NO11/c1-22(2)20(29,30)6-5-10-11-7-9(21(31,32)19(27)28)3-4-13(11)33-8-12-14(10)16(24)18(26)17(25)15(12)23/h3-5,7,23-26,29-32H,6,8H2,1-2H3,(H,27,28). The van der Waals surface area contributed by atoms with Crippen LogP contribution < -0.4 is 4.74 Å². The summed E-state index contributed by atoms with van der Waals surface area (Å²) in [5, 5.41) is 90.5. The second kappa shape index (κ2) is 8.10. The van der Waals surface area contributed by atoms with Gasteiger partial charge in [-0.3, -0.25) is 4.90 Å². The molecule has 0 aliphatic carbocycles. The summed E-state index contributed by atoms with van der Waals surface area (Å²) in [6, 6.07) is 3.30. The van der Waals surface area contributed by atoms with Crippen LogP contribution in [-0.2, 0) is 17.2 Å². The van der Waals surface area contributed by atoms with Crippen molar-refractivity contribution in [1.82, 2.24) is 4.90 Å². The van der Waals surface area contributed by atoms with Crippen LogP contribution in [0.3, 0.4) is 0 Å². The summed E-state index contributed by atoms with van der Waals surface area (Å²) in [4.78, 5) is 12.4. The number of benzene rings is 2. The molecule has 1 aliphatic heterocycles. The van der Waals surface area contributed by atoms with E-state index in [1.807, 2.05) is 0 Å². The molecule has 0 bridgehead atoms. The van der Waals surface area contributed by atoms with E-state index in [1.165, 1.54) is 26.2 Å². The van der Waals surface area contributed by atoms with Gasteiger partial charge in [-0.2, -0.15) is 0 Å². The smallest absolute Gasteiger partial charge is 0.369 e. The molecule has 2 aromatic carbocycles. The summed E-state index contributed by atoms with van der Waals surface area (Å²) in [5.41, 5.74) is -1.04. The van der Waals surface area contributed by atoms with E-state index in [2.05, 4.69) is 0 Å². The number of carboxylic acids is 1. The molecule has 9 N–H and O–H groups in total. The molecule has 0 aromatic heterocycles. The van der Waals surface area contributed by atoms with E-state index in [4.69, 9.17) is 9.84 Å². The van der Waals surface area contributed by atoms with Gasteiger partial charge in [0.05, 0.1) is 0 Å². The van der Waals surface area contributed by atoms with Crippen LogP contribution in [0, 0.1) is 0 Å². The van der Waals surface area contributed by atoms with Gasteiger partial charge in [-0.05, 0) is 37.9 Å². The third-order valence-corrected chi connectivity index (χ3v) is 5.41. The molecule has 1 heterocycles. The molecule has 0 radical (unpaired) electrons. The number of aliphatic hydroxyl groups is 4. The zero-order valence-corrected chi connectivity index (χ0v) is 17.5. The number of aromatic hydroxyl groups is 4. The van der Waals surface area contributed by atoms with Gasteiger partial charge in [-0.15, -0.1) is 0 Å². The van der Waals surface area contributed by atoms with Crippen molar-refractivity contribution in [3.8, 4) is 28.7 Å². The van der Waals surface area contributed by atoms with Crippen molar-refractivity contribution >= 4 is 11.5 Å². The monoisotopic (exact) mass is 465 g/mol. The van der Waals surface area contributed by atoms with E-state index in [0.29, 0.717) is 0 Å². The first-order valence-corrected chi connectivity index (χ1v) is 9.47. The number of hydrogen-bond acceptors (Lipinski definition) is 11. The zero-order chi connectivity index (χ0) is 24.9. The van der Waals surface area contributed by atoms with E-state index in [1.54, 1.807) is 0 Å². The highest BCUT2D eigenvalue weighted by atomic mass is 16.5. The van der Waals surface area contributed by atoms with Crippen molar-refractivity contribution in [1.29, 1.82) is 0 Å². The number of nitrogens with zero attached hydrogens (tertiary/aromatic N) is 1. The van der Waals surface area contributed by atoms with Crippen LogP contribution in [0.5, 0.6) is 28.7 Å². The molecule has 0 amide bonds. The molecule has 0 unspecified atom stereocenters. The Bertz CT molecular complexity index is 1150. The molecular weight excluding hydrogens is 442 g/mol. The lowest BCUT2D eigenvalue weighted by Gasteiger charge is -2.28. The number of carboxylic acid groups (broad SMARTS) is 1. The highest BCUT2D eigenvalue weighted by molar-refractivity contribution is 5.91. The molecule has 2 aromatic rings. The molecule has 0 atom stereocenters. The summed E-state index contributed by atoms with van der Waals surface area (Å²) < 4.78 is 5.59. The summed E-state index contributed by atoms with van der Waals surface area (Å²) in [5.74, 6) is -11.4. The fourth-order valence-corrected chi connectivity index (χ4v) is 3.30. The lowest BCUT2D eigenvalue weighted by atomic mass is 9.89. The van der Waals surface area contributed by atoms with Gasteiger partial charge < -0.3 is 50.7 Å². The molecule has 0 fully saturated rings. The van der Waals surface area contributed by atoms with Crippen molar-refractivity contribution in [2.24, 2.45) is 0 Å². The predicted octanol–water partition coefficient (Wildman–Crippen LogP) is -0.355. The van der Waals surface area contributed by atoms with E-state index in [0.717, 1.165) is 17.0 Å². The van der Waals surface area contributed by atoms with E-state index < -0.39 is 59.3 Å². The van der Waals surface area contributed by atoms with E-state index in [9.17, 15) is 45.6 Å². The Morgan fingerprint density at radius 2 is 1.64 bits per heavy atom. The van der Waals surface area contributed by atoms with Crippen LogP contribution >= 0.6 is 0 Å². The van der Waals surface area contributed by atoms with Crippen molar-refractivity contribution in [2.75, 3.05) is 14.1 Å². The first-order chi connectivity index (χ1) is 15.2. The maximum absolute atomic E-state index is 11.3. The third kappa shape index (κ3) is 4.01. The highest BCUT2D eigenvalue weighted by Gasteiger charge is 2.38. The Morgan fingerprint density at radius 3 is 2.21 bits per heavy atom. The summed E-state index contributed by atoms with van der Waals surface area (Å²) >= 11 is 0. The maximum atomic E-state index is 11.3. The van der Waals surface area contributed by atoms with Crippen molar-refractivity contribution in [2.45, 2.75) is 24.7 Å². The first-order valence-electron chi connectivity index (χ1n) is 9.47. The van der Waals surface area contributed by atoms with Crippen molar-refractivity contribution in [3.63, 3.8) is 0 Å². The Morgan fingerprint density at radius 1 is 1.03 bits per heavy atom. The molecule has 12 nitrogen and oxygen atoms in total. The Hall–Kier alpha value is -3.55. The number of ether oxygens (including phenoxy) is 1. The van der Waals surface area contributed by atoms with Crippen LogP contribution in [0.2, 0.25) is 0 Å². The minimum Gasteiger partial charge on any atom is -0.504 e. The topological polar surface area (TPSA) is 212 Å². The number of aliphatic carboxylic acids is 1. The van der Waals surface area contributed by atoms with Gasteiger partial charge >= 0.3 is 5.97 Å². The fraction of sp³-hybridized carbons (Fsp3) is 0.286. The number of carbonyl (C=O) groups is 1. The number of phenols is 4. The first kappa shape index (κ1) is 24.1. The van der Waals surface area contributed by atoms with Gasteiger partial charge in [-0.25, -0.2) is 4.79 Å². The molecule has 3 rings (SSSR count). The van der Waals surface area contributed by atoms with Gasteiger partial charge in [0.1, 0.15) is 12.4 Å². The second-order valence-corrected chi connectivity index (χ2v) is 7.72. The summed E-state index contributed by atoms with van der Waals surface area (Å²) in [7, 11) is 2.75. The Kier molecular flexibility index (Phi) is 5.91. The maximum Gasteiger partial charge on any atom is 0.369 e. The van der Waals surface area contributed by atoms with Crippen molar-refractivity contribution in [3.05, 3.63) is 46.5 Å². The zero-order valence-electron chi connectivity index (χ0n) is 17.5. The van der Waals surface area contributed by atoms with Gasteiger partial charge in [0.15, 0.2) is 11.5 Å². The largest absolute Gasteiger partial charge is 0.504 e. The third-order valence-electron chi connectivity index (χ3n) is 5.41. The molecule has 0 saturated heterocycles. The molecule has 33 heavy (non-hydrogen) atoms. The van der Waals surface area contributed by atoms with E-state index >= 15 is 0 Å². The average Bonchev–Trinajstić information content (AvgIpc) is 2.91. The van der Waals surface area contributed by atoms with Gasteiger partial charge in [0.2, 0.25) is 17.4 Å². The van der Waals surface area contributed by atoms with Crippen LogP contribution in [0.25, 0.3) is 5.57 Å². The normalized spacial score (nSPS) is 15.1. The number of fused-ring (bicyclic) bond motifs is 2. The number of hydrogen-bond donors (Lipinski definition) is 9. The summed E-state index contributed by atoms with van der Waals surface area (Å²) in [6.45, 7) is -0.425. The number of rotatable bonds is 5. The minimum absolute atomic E-state index is 0.0330. The lowest BCUT2D eigenvalue weighted by molar-refractivity contribution is -0.245. The summed E-state index contributed by atoms with van der Waals surface area (Å²) in [6.07, 6.45) is 0.700. The molecule has 0 saturated carbocycles. The Balaban J connectivity index is 2.36. The van der Waals surface area contributed by atoms with Gasteiger partial charge in [0, 0.05) is 28.7 Å². The quantitative estimate of drug-likeness (QED) is 0.157. The highest BCUT2D eigenvalue weighted by Crippen LogP contribution is 2.53. The lowest BCUT2D eigenvalue weighted by Crippen LogP contribution is -2.43. The fourth-order valence-electron chi connectivity index (χ4n) is 3.30. The Labute approximate surface area is 186 Å². The molecule has 1 aliphatic rings. The molecule has 0 spiro atoms. The van der Waals surface area contributed by atoms with Gasteiger partial charge in [0.25, 0.3) is 5.79 Å². The van der Waals surface area contributed by atoms with Gasteiger partial charge in [-0.1, -0.05) is 6.08 Å². The van der Waals surface area contributed by atoms with Crippen LogP contribution in [0.15, 0.2) is 24.3 Å². The van der Waals surface area contributed by atoms with Crippen LogP contribution in [0.1, 0.15) is 28.7 Å². The second-order valence-electron chi connectivity index (χ2n) is 7.72. The van der Waals surface area contributed by atoms with Crippen LogP contribution in [-0.4, -0.2) is 76.8 Å². The number of phenolic OH excluding ortho intramolecular Hbond substituents is 4. The minimum atomic E-state index is -3.29. The molecule has 178 valence electrons. The van der Waals surface area contributed by atoms with E-state index in [-0.39, 0.29) is 28.0 Å².